The summed E-state index contributed by atoms with van der Waals surface area (Å²) in [5.74, 6) is 0.0907. The van der Waals surface area contributed by atoms with E-state index in [4.69, 9.17) is 0 Å². The van der Waals surface area contributed by atoms with Crippen LogP contribution in [0.1, 0.15) is 18.5 Å². The molecule has 1 aliphatic heterocycles. The van der Waals surface area contributed by atoms with Crippen LogP contribution >= 0.6 is 27.3 Å². The van der Waals surface area contributed by atoms with Crippen LogP contribution in [0.2, 0.25) is 0 Å². The van der Waals surface area contributed by atoms with E-state index in [1.54, 1.807) is 24.3 Å². The van der Waals surface area contributed by atoms with E-state index >= 15 is 0 Å². The number of amides is 1. The van der Waals surface area contributed by atoms with Crippen LogP contribution in [0.4, 0.5) is 5.82 Å². The van der Waals surface area contributed by atoms with Crippen molar-refractivity contribution in [2.24, 2.45) is 0 Å². The Labute approximate surface area is 153 Å². The van der Waals surface area contributed by atoms with Crippen molar-refractivity contribution in [3.05, 3.63) is 39.8 Å². The summed E-state index contributed by atoms with van der Waals surface area (Å²) in [5, 5.41) is 2.72. The van der Waals surface area contributed by atoms with Crippen molar-refractivity contribution >= 4 is 49.0 Å². The molecule has 3 rings (SSSR count). The lowest BCUT2D eigenvalue weighted by molar-refractivity contribution is -0.119. The first-order valence-electron chi connectivity index (χ1n) is 7.39. The van der Waals surface area contributed by atoms with Crippen molar-refractivity contribution in [1.29, 1.82) is 0 Å². The summed E-state index contributed by atoms with van der Waals surface area (Å²) in [6.45, 7) is 2.17. The van der Waals surface area contributed by atoms with Gasteiger partial charge >= 0.3 is 0 Å². The molecule has 1 fully saturated rings. The molecule has 0 spiro atoms. The maximum absolute atomic E-state index is 12.8. The van der Waals surface area contributed by atoms with E-state index in [1.165, 1.54) is 4.31 Å². The van der Waals surface area contributed by atoms with Crippen LogP contribution in [0.5, 0.6) is 0 Å². The van der Waals surface area contributed by atoms with Crippen LogP contribution in [-0.4, -0.2) is 36.2 Å². The van der Waals surface area contributed by atoms with Crippen molar-refractivity contribution in [1.82, 2.24) is 9.29 Å². The highest BCUT2D eigenvalue weighted by molar-refractivity contribution is 9.11. The Hall–Kier alpha value is -1.29. The number of carbonyl (C=O) groups excluding carboxylic acids is 1. The molecule has 0 saturated carbocycles. The molecule has 2 aromatic heterocycles. The fraction of sp³-hybridized carbons (Fsp3) is 0.333. The van der Waals surface area contributed by atoms with Gasteiger partial charge in [-0.1, -0.05) is 6.07 Å². The minimum Gasteiger partial charge on any atom is -0.309 e. The molecule has 2 aromatic rings. The van der Waals surface area contributed by atoms with Crippen LogP contribution in [0.25, 0.3) is 0 Å². The van der Waals surface area contributed by atoms with Crippen LogP contribution in [0.3, 0.4) is 0 Å². The Morgan fingerprint density at radius 2 is 2.17 bits per heavy atom. The molecule has 128 valence electrons. The third kappa shape index (κ3) is 3.53. The maximum Gasteiger partial charge on any atom is 0.253 e. The van der Waals surface area contributed by atoms with Gasteiger partial charge in [-0.25, -0.2) is 13.4 Å². The Morgan fingerprint density at radius 3 is 2.83 bits per heavy atom. The molecule has 1 N–H and O–H groups in total. The quantitative estimate of drug-likeness (QED) is 0.809. The highest BCUT2D eigenvalue weighted by Crippen LogP contribution is 2.32. The molecule has 0 radical (unpaired) electrons. The summed E-state index contributed by atoms with van der Waals surface area (Å²) >= 11 is 4.42. The molecule has 3 heterocycles. The van der Waals surface area contributed by atoms with E-state index in [9.17, 15) is 13.2 Å². The maximum atomic E-state index is 12.8. The molecule has 1 unspecified atom stereocenters. The minimum absolute atomic E-state index is 0.239. The molecular weight excluding hydrogens is 414 g/mol. The zero-order valence-corrected chi connectivity index (χ0v) is 16.1. The minimum atomic E-state index is -3.67. The predicted octanol–water partition coefficient (Wildman–Crippen LogP) is 3.01. The topological polar surface area (TPSA) is 79.4 Å². The summed E-state index contributed by atoms with van der Waals surface area (Å²) in [6.07, 6.45) is 1.16. The van der Waals surface area contributed by atoms with Crippen molar-refractivity contribution < 1.29 is 13.2 Å². The second-order valence-corrected chi connectivity index (χ2v) is 10.1. The normalized spacial score (nSPS) is 18.7. The summed E-state index contributed by atoms with van der Waals surface area (Å²) in [6, 6.07) is 7.85. The molecule has 0 aromatic carbocycles. The molecule has 0 bridgehead atoms. The third-order valence-corrected chi connectivity index (χ3v) is 7.76. The highest BCUT2D eigenvalue weighted by atomic mass is 79.9. The molecule has 24 heavy (non-hydrogen) atoms. The number of halogens is 1. The van der Waals surface area contributed by atoms with E-state index in [-0.39, 0.29) is 10.1 Å². The van der Waals surface area contributed by atoms with Gasteiger partial charge in [-0.15, -0.1) is 11.3 Å². The van der Waals surface area contributed by atoms with Crippen LogP contribution < -0.4 is 5.32 Å². The number of sulfonamides is 1. The fourth-order valence-corrected chi connectivity index (χ4v) is 6.46. The van der Waals surface area contributed by atoms with E-state index in [0.717, 1.165) is 20.8 Å². The monoisotopic (exact) mass is 429 g/mol. The van der Waals surface area contributed by atoms with E-state index in [0.29, 0.717) is 25.2 Å². The first kappa shape index (κ1) is 17.5. The molecule has 1 aliphatic rings. The van der Waals surface area contributed by atoms with Gasteiger partial charge in [-0.05, 0) is 60.0 Å². The van der Waals surface area contributed by atoms with Crippen LogP contribution in [0, 0.1) is 6.92 Å². The Morgan fingerprint density at radius 1 is 1.38 bits per heavy atom. The van der Waals surface area contributed by atoms with Gasteiger partial charge in [-0.2, -0.15) is 4.31 Å². The average molecular weight is 430 g/mol. The summed E-state index contributed by atoms with van der Waals surface area (Å²) in [7, 11) is -3.67. The van der Waals surface area contributed by atoms with Gasteiger partial charge in [0.15, 0.2) is 0 Å². The number of thiophene rings is 1. The lowest BCUT2D eigenvalue weighted by Crippen LogP contribution is -2.43. The molecule has 1 saturated heterocycles. The van der Waals surface area contributed by atoms with Crippen molar-refractivity contribution in [3.63, 3.8) is 0 Å². The molecule has 1 atom stereocenters. The average Bonchev–Trinajstić information content (AvgIpc) is 3.16. The van der Waals surface area contributed by atoms with Crippen LogP contribution in [0.15, 0.2) is 38.3 Å². The molecule has 1 amide bonds. The Kier molecular flexibility index (Phi) is 5.05. The van der Waals surface area contributed by atoms with E-state index < -0.39 is 16.1 Å². The molecule has 6 nitrogen and oxygen atoms in total. The van der Waals surface area contributed by atoms with Gasteiger partial charge in [0.25, 0.3) is 10.0 Å². The van der Waals surface area contributed by atoms with Crippen molar-refractivity contribution in [2.75, 3.05) is 11.9 Å². The number of aryl methyl sites for hydroxylation is 1. The lowest BCUT2D eigenvalue weighted by Gasteiger charge is -2.22. The number of hydrogen-bond acceptors (Lipinski definition) is 5. The molecule has 9 heteroatoms. The zero-order chi connectivity index (χ0) is 17.3. The predicted molar refractivity (Wildman–Crippen MR) is 96.5 cm³/mol. The third-order valence-electron chi connectivity index (χ3n) is 3.76. The highest BCUT2D eigenvalue weighted by Gasteiger charge is 2.40. The van der Waals surface area contributed by atoms with E-state index in [1.807, 2.05) is 13.0 Å². The largest absolute Gasteiger partial charge is 0.309 e. The number of aromatic nitrogens is 1. The number of rotatable bonds is 4. The van der Waals surface area contributed by atoms with Crippen molar-refractivity contribution in [3.8, 4) is 0 Å². The van der Waals surface area contributed by atoms with E-state index in [2.05, 4.69) is 26.2 Å². The summed E-state index contributed by atoms with van der Waals surface area (Å²) < 4.78 is 27.8. The Bertz CT molecular complexity index is 866. The second kappa shape index (κ2) is 6.91. The van der Waals surface area contributed by atoms with Gasteiger partial charge in [0.2, 0.25) is 5.91 Å². The summed E-state index contributed by atoms with van der Waals surface area (Å²) in [4.78, 5) is 16.8. The number of anilines is 1. The number of carbonyl (C=O) groups is 1. The molecular formula is C15H16BrN3O3S2. The second-order valence-electron chi connectivity index (χ2n) is 5.49. The Balaban J connectivity index is 1.81. The number of nitrogens with zero attached hydrogens (tertiary/aromatic N) is 2. The van der Waals surface area contributed by atoms with Crippen LogP contribution in [-0.2, 0) is 14.8 Å². The standard InChI is InChI=1S/C15H16BrN3O3S2/c1-10-4-2-6-13(17-10)18-15(20)11-5-3-9-19(11)24(21,22)14-8-7-12(16)23-14/h2,4,6-8,11H,3,5,9H2,1H3,(H,17,18,20). The smallest absolute Gasteiger partial charge is 0.253 e. The zero-order valence-electron chi connectivity index (χ0n) is 12.9. The van der Waals surface area contributed by atoms with Gasteiger partial charge in [0.05, 0.1) is 3.79 Å². The van der Waals surface area contributed by atoms with Crippen molar-refractivity contribution in [2.45, 2.75) is 30.0 Å². The number of pyridine rings is 1. The van der Waals surface area contributed by atoms with Gasteiger partial charge in [0.1, 0.15) is 16.1 Å². The number of hydrogen-bond donors (Lipinski definition) is 1. The number of nitrogens with one attached hydrogen (secondary N) is 1. The fourth-order valence-electron chi connectivity index (χ4n) is 2.66. The van der Waals surface area contributed by atoms with Gasteiger partial charge in [0, 0.05) is 12.2 Å². The molecule has 0 aliphatic carbocycles. The summed E-state index contributed by atoms with van der Waals surface area (Å²) in [5.41, 5.74) is 0.784. The first-order valence-corrected chi connectivity index (χ1v) is 10.4. The first-order chi connectivity index (χ1) is 11.4. The van der Waals surface area contributed by atoms with Gasteiger partial charge in [-0.3, -0.25) is 4.79 Å². The SMILES string of the molecule is Cc1cccc(NC(=O)C2CCCN2S(=O)(=O)c2ccc(Br)s2)n1. The van der Waals surface area contributed by atoms with Gasteiger partial charge < -0.3 is 5.32 Å². The lowest BCUT2D eigenvalue weighted by atomic mass is 10.2.